The van der Waals surface area contributed by atoms with Gasteiger partial charge < -0.3 is 14.6 Å². The maximum atomic E-state index is 10.1. The largest absolute Gasteiger partial charge is 0.390 e. The zero-order chi connectivity index (χ0) is 13.2. The molecule has 1 saturated heterocycles. The highest BCUT2D eigenvalue weighted by Crippen LogP contribution is 2.27. The van der Waals surface area contributed by atoms with Crippen molar-refractivity contribution in [2.24, 2.45) is 0 Å². The quantitative estimate of drug-likeness (QED) is 0.890. The third-order valence-electron chi connectivity index (χ3n) is 3.10. The van der Waals surface area contributed by atoms with Gasteiger partial charge in [0.2, 0.25) is 0 Å². The standard InChI is InChI=1S/C15H20O3/c1-11(12-7-5-4-6-8-12)9-13(16)14-10-17-15(2,3)18-14/h4-8,13-14,16H,1,9-10H2,2-3H3/t13-,14+/m1/s1. The Kier molecular flexibility index (Phi) is 3.85. The third kappa shape index (κ3) is 3.19. The van der Waals surface area contributed by atoms with Crippen molar-refractivity contribution in [3.05, 3.63) is 42.5 Å². The van der Waals surface area contributed by atoms with Gasteiger partial charge in [0.15, 0.2) is 5.79 Å². The molecule has 1 aromatic rings. The second-order valence-corrected chi connectivity index (χ2v) is 5.11. The molecule has 0 bridgehead atoms. The highest BCUT2D eigenvalue weighted by atomic mass is 16.7. The van der Waals surface area contributed by atoms with Crippen LogP contribution < -0.4 is 0 Å². The molecule has 1 aliphatic heterocycles. The molecule has 1 heterocycles. The van der Waals surface area contributed by atoms with Gasteiger partial charge >= 0.3 is 0 Å². The number of aliphatic hydroxyl groups excluding tert-OH is 1. The maximum absolute atomic E-state index is 10.1. The second-order valence-electron chi connectivity index (χ2n) is 5.11. The van der Waals surface area contributed by atoms with E-state index in [1.807, 2.05) is 44.2 Å². The molecule has 98 valence electrons. The summed E-state index contributed by atoms with van der Waals surface area (Å²) >= 11 is 0. The number of aliphatic hydroxyl groups is 1. The maximum Gasteiger partial charge on any atom is 0.163 e. The van der Waals surface area contributed by atoms with Gasteiger partial charge in [0.05, 0.1) is 12.7 Å². The van der Waals surface area contributed by atoms with Gasteiger partial charge in [0.25, 0.3) is 0 Å². The van der Waals surface area contributed by atoms with Crippen LogP contribution in [0.15, 0.2) is 36.9 Å². The van der Waals surface area contributed by atoms with Gasteiger partial charge in [-0.15, -0.1) is 0 Å². The molecule has 0 aliphatic carbocycles. The van der Waals surface area contributed by atoms with Gasteiger partial charge in [-0.2, -0.15) is 0 Å². The number of rotatable bonds is 4. The summed E-state index contributed by atoms with van der Waals surface area (Å²) in [4.78, 5) is 0. The van der Waals surface area contributed by atoms with E-state index in [0.29, 0.717) is 13.0 Å². The molecule has 2 atom stereocenters. The summed E-state index contributed by atoms with van der Waals surface area (Å²) in [6.45, 7) is 8.15. The Morgan fingerprint density at radius 2 is 2.11 bits per heavy atom. The van der Waals surface area contributed by atoms with Crippen LogP contribution in [0, 0.1) is 0 Å². The zero-order valence-corrected chi connectivity index (χ0v) is 10.9. The van der Waals surface area contributed by atoms with Crippen LogP contribution in [-0.4, -0.2) is 29.7 Å². The number of hydrogen-bond donors (Lipinski definition) is 1. The van der Waals surface area contributed by atoms with Crippen LogP contribution in [0.4, 0.5) is 0 Å². The van der Waals surface area contributed by atoms with Gasteiger partial charge in [-0.3, -0.25) is 0 Å². The molecule has 0 amide bonds. The van der Waals surface area contributed by atoms with Gasteiger partial charge in [-0.25, -0.2) is 0 Å². The van der Waals surface area contributed by atoms with Crippen molar-refractivity contribution >= 4 is 5.57 Å². The molecule has 1 aliphatic rings. The number of hydrogen-bond acceptors (Lipinski definition) is 3. The van der Waals surface area contributed by atoms with Crippen molar-refractivity contribution in [2.75, 3.05) is 6.61 Å². The minimum absolute atomic E-state index is 0.277. The Labute approximate surface area is 108 Å². The number of ether oxygens (including phenoxy) is 2. The van der Waals surface area contributed by atoms with Crippen LogP contribution in [0.5, 0.6) is 0 Å². The predicted octanol–water partition coefficient (Wildman–Crippen LogP) is 2.60. The lowest BCUT2D eigenvalue weighted by Crippen LogP contribution is -2.30. The molecule has 0 spiro atoms. The van der Waals surface area contributed by atoms with E-state index in [9.17, 15) is 5.11 Å². The SMILES string of the molecule is C=C(C[C@@H](O)[C@@H]1COC(C)(C)O1)c1ccccc1. The molecule has 0 unspecified atom stereocenters. The molecule has 1 N–H and O–H groups in total. The van der Waals surface area contributed by atoms with Crippen molar-refractivity contribution in [3.63, 3.8) is 0 Å². The van der Waals surface area contributed by atoms with Crippen molar-refractivity contribution in [1.82, 2.24) is 0 Å². The summed E-state index contributed by atoms with van der Waals surface area (Å²) in [6.07, 6.45) is -0.367. The summed E-state index contributed by atoms with van der Waals surface area (Å²) in [6, 6.07) is 9.87. The average Bonchev–Trinajstić information content (AvgIpc) is 2.71. The summed E-state index contributed by atoms with van der Waals surface area (Å²) in [5.74, 6) is -0.597. The fraction of sp³-hybridized carbons (Fsp3) is 0.467. The van der Waals surface area contributed by atoms with Gasteiger partial charge in [0.1, 0.15) is 6.10 Å². The third-order valence-corrected chi connectivity index (χ3v) is 3.10. The molecule has 2 rings (SSSR count). The van der Waals surface area contributed by atoms with Crippen LogP contribution in [0.1, 0.15) is 25.8 Å². The first kappa shape index (κ1) is 13.3. The first-order valence-corrected chi connectivity index (χ1v) is 6.21. The van der Waals surface area contributed by atoms with Gasteiger partial charge in [0, 0.05) is 6.42 Å². The first-order chi connectivity index (χ1) is 8.48. The van der Waals surface area contributed by atoms with Crippen LogP contribution in [-0.2, 0) is 9.47 Å². The average molecular weight is 248 g/mol. The van der Waals surface area contributed by atoms with E-state index in [1.165, 1.54) is 0 Å². The van der Waals surface area contributed by atoms with Crippen LogP contribution in [0.2, 0.25) is 0 Å². The molecule has 3 heteroatoms. The zero-order valence-electron chi connectivity index (χ0n) is 10.9. The number of benzene rings is 1. The van der Waals surface area contributed by atoms with E-state index < -0.39 is 11.9 Å². The van der Waals surface area contributed by atoms with Gasteiger partial charge in [-0.05, 0) is 25.0 Å². The molecular weight excluding hydrogens is 228 g/mol. The Balaban J connectivity index is 1.92. The Bertz CT molecular complexity index is 411. The van der Waals surface area contributed by atoms with E-state index in [4.69, 9.17) is 9.47 Å². The molecular formula is C15H20O3. The molecule has 0 radical (unpaired) electrons. The highest BCUT2D eigenvalue weighted by Gasteiger charge is 2.36. The highest BCUT2D eigenvalue weighted by molar-refractivity contribution is 5.63. The normalized spacial score (nSPS) is 23.8. The Morgan fingerprint density at radius 3 is 2.67 bits per heavy atom. The summed E-state index contributed by atoms with van der Waals surface area (Å²) < 4.78 is 11.1. The van der Waals surface area contributed by atoms with Crippen molar-refractivity contribution in [3.8, 4) is 0 Å². The monoisotopic (exact) mass is 248 g/mol. The molecule has 0 saturated carbocycles. The lowest BCUT2D eigenvalue weighted by molar-refractivity contribution is -0.150. The minimum atomic E-state index is -0.597. The van der Waals surface area contributed by atoms with Crippen molar-refractivity contribution < 1.29 is 14.6 Å². The molecule has 1 aromatic carbocycles. The van der Waals surface area contributed by atoms with E-state index >= 15 is 0 Å². The topological polar surface area (TPSA) is 38.7 Å². The van der Waals surface area contributed by atoms with E-state index in [-0.39, 0.29) is 6.10 Å². The fourth-order valence-electron chi connectivity index (χ4n) is 2.08. The van der Waals surface area contributed by atoms with E-state index in [0.717, 1.165) is 11.1 Å². The Hall–Kier alpha value is -1.16. The van der Waals surface area contributed by atoms with Crippen molar-refractivity contribution in [2.45, 2.75) is 38.3 Å². The molecule has 18 heavy (non-hydrogen) atoms. The minimum Gasteiger partial charge on any atom is -0.390 e. The second kappa shape index (κ2) is 5.22. The predicted molar refractivity (Wildman–Crippen MR) is 71.0 cm³/mol. The summed E-state index contributed by atoms with van der Waals surface area (Å²) in [5, 5.41) is 10.1. The van der Waals surface area contributed by atoms with Crippen LogP contribution in [0.3, 0.4) is 0 Å². The lowest BCUT2D eigenvalue weighted by Gasteiger charge is -2.21. The van der Waals surface area contributed by atoms with Crippen LogP contribution in [0.25, 0.3) is 5.57 Å². The van der Waals surface area contributed by atoms with E-state index in [1.54, 1.807) is 0 Å². The molecule has 1 fully saturated rings. The smallest absolute Gasteiger partial charge is 0.163 e. The van der Waals surface area contributed by atoms with Crippen LogP contribution >= 0.6 is 0 Å². The van der Waals surface area contributed by atoms with Gasteiger partial charge in [-0.1, -0.05) is 36.9 Å². The summed E-state index contributed by atoms with van der Waals surface area (Å²) in [5.41, 5.74) is 1.96. The lowest BCUT2D eigenvalue weighted by atomic mass is 9.99. The Morgan fingerprint density at radius 1 is 1.44 bits per heavy atom. The fourth-order valence-corrected chi connectivity index (χ4v) is 2.08. The molecule has 3 nitrogen and oxygen atoms in total. The van der Waals surface area contributed by atoms with E-state index in [2.05, 4.69) is 6.58 Å². The van der Waals surface area contributed by atoms with Crippen molar-refractivity contribution in [1.29, 1.82) is 0 Å². The molecule has 0 aromatic heterocycles. The summed E-state index contributed by atoms with van der Waals surface area (Å²) in [7, 11) is 0. The first-order valence-electron chi connectivity index (χ1n) is 6.21.